The first-order chi connectivity index (χ1) is 19.3. The van der Waals surface area contributed by atoms with Gasteiger partial charge in [0.2, 0.25) is 5.78 Å². The number of carbonyl (C=O) groups is 3. The van der Waals surface area contributed by atoms with Crippen molar-refractivity contribution in [3.63, 3.8) is 0 Å². The van der Waals surface area contributed by atoms with E-state index in [0.717, 1.165) is 7.11 Å². The maximum atomic E-state index is 13.6. The zero-order valence-corrected chi connectivity index (χ0v) is 22.3. The number of esters is 1. The molecule has 1 aliphatic heterocycles. The number of benzene rings is 2. The predicted octanol–water partition coefficient (Wildman–Crippen LogP) is 0.265. The van der Waals surface area contributed by atoms with Crippen molar-refractivity contribution < 1.29 is 64.3 Å². The van der Waals surface area contributed by atoms with Crippen molar-refractivity contribution in [1.82, 2.24) is 0 Å². The summed E-state index contributed by atoms with van der Waals surface area (Å²) in [5.74, 6) is -6.87. The second-order valence-electron chi connectivity index (χ2n) is 10.6. The zero-order chi connectivity index (χ0) is 30.1. The number of hydrogen-bond donors (Lipinski definition) is 7. The molecule has 5 rings (SSSR count). The number of aromatic hydroxyl groups is 3. The summed E-state index contributed by atoms with van der Waals surface area (Å²) in [5.41, 5.74) is -4.74. The van der Waals surface area contributed by atoms with Crippen LogP contribution in [0.5, 0.6) is 17.2 Å². The lowest BCUT2D eigenvalue weighted by molar-refractivity contribution is -0.309. The van der Waals surface area contributed by atoms with Gasteiger partial charge in [0, 0.05) is 23.1 Å². The molecule has 13 nitrogen and oxygen atoms in total. The number of phenols is 3. The number of methoxy groups -OCH3 is 1. The number of aliphatic hydroxyl groups is 4. The molecule has 1 fully saturated rings. The first-order valence-corrected chi connectivity index (χ1v) is 13.0. The Hall–Kier alpha value is -3.59. The Kier molecular flexibility index (Phi) is 7.09. The van der Waals surface area contributed by atoms with Gasteiger partial charge in [-0.15, -0.1) is 0 Å². The fourth-order valence-corrected chi connectivity index (χ4v) is 6.07. The molecule has 2 aromatic rings. The molecule has 0 spiro atoms. The Morgan fingerprint density at radius 1 is 0.976 bits per heavy atom. The van der Waals surface area contributed by atoms with Gasteiger partial charge in [-0.05, 0) is 19.4 Å². The molecule has 41 heavy (non-hydrogen) atoms. The Morgan fingerprint density at radius 3 is 2.24 bits per heavy atom. The Morgan fingerprint density at radius 2 is 1.61 bits per heavy atom. The van der Waals surface area contributed by atoms with E-state index in [4.69, 9.17) is 14.2 Å². The monoisotopic (exact) mass is 574 g/mol. The standard InChI is InChI=1S/C28H30O13/c1-4-28(38)8-12(41-27-25(36)24(35)19(30)9(2)40-27)14-15(18(28)26(37)39-3)23(34)16-17(22(14)33)21(32)13-10(20(16)31)6-5-7-11(13)29/h5-7,9,12,18-19,24-25,27,29-30,33-36,38H,4,8H2,1-3H3/t9?,12?,18?,19?,24?,25?,27?,28-/m1/s1. The largest absolute Gasteiger partial charge is 0.507 e. The van der Waals surface area contributed by atoms with E-state index in [1.165, 1.54) is 32.0 Å². The van der Waals surface area contributed by atoms with Gasteiger partial charge in [0.25, 0.3) is 0 Å². The fraction of sp³-hybridized carbons (Fsp3) is 0.464. The third-order valence-electron chi connectivity index (χ3n) is 8.34. The maximum absolute atomic E-state index is 13.6. The van der Waals surface area contributed by atoms with Gasteiger partial charge in [-0.3, -0.25) is 14.4 Å². The van der Waals surface area contributed by atoms with Crippen molar-refractivity contribution >= 4 is 17.5 Å². The highest BCUT2D eigenvalue weighted by molar-refractivity contribution is 6.31. The highest BCUT2D eigenvalue weighted by atomic mass is 16.7. The molecule has 2 aromatic carbocycles. The number of ether oxygens (including phenoxy) is 3. The van der Waals surface area contributed by atoms with Gasteiger partial charge in [0.05, 0.1) is 41.6 Å². The molecule has 3 aliphatic rings. The molecular weight excluding hydrogens is 544 g/mol. The van der Waals surface area contributed by atoms with Gasteiger partial charge >= 0.3 is 5.97 Å². The summed E-state index contributed by atoms with van der Waals surface area (Å²) in [4.78, 5) is 40.2. The lowest BCUT2D eigenvalue weighted by Gasteiger charge is -2.46. The van der Waals surface area contributed by atoms with Gasteiger partial charge < -0.3 is 50.0 Å². The van der Waals surface area contributed by atoms with Crippen LogP contribution in [0.4, 0.5) is 0 Å². The Balaban J connectivity index is 1.77. The number of carbonyl (C=O) groups excluding carboxylic acids is 3. The molecule has 7 N–H and O–H groups in total. The zero-order valence-electron chi connectivity index (χ0n) is 22.3. The number of aliphatic hydroxyl groups excluding tert-OH is 3. The number of hydrogen-bond acceptors (Lipinski definition) is 13. The lowest BCUT2D eigenvalue weighted by atomic mass is 9.66. The molecule has 0 saturated carbocycles. The smallest absolute Gasteiger partial charge is 0.316 e. The van der Waals surface area contributed by atoms with Crippen LogP contribution in [-0.2, 0) is 19.0 Å². The second kappa shape index (κ2) is 10.0. The first kappa shape index (κ1) is 28.9. The number of rotatable bonds is 4. The molecule has 1 heterocycles. The predicted molar refractivity (Wildman–Crippen MR) is 136 cm³/mol. The molecular formula is C28H30O13. The molecule has 0 bridgehead atoms. The summed E-state index contributed by atoms with van der Waals surface area (Å²) in [5, 5.41) is 76.1. The van der Waals surface area contributed by atoms with Gasteiger partial charge in [0.1, 0.15) is 41.5 Å². The van der Waals surface area contributed by atoms with Crippen molar-refractivity contribution in [2.45, 2.75) is 75.0 Å². The maximum Gasteiger partial charge on any atom is 0.316 e. The molecule has 1 saturated heterocycles. The third-order valence-corrected chi connectivity index (χ3v) is 8.34. The minimum atomic E-state index is -2.00. The van der Waals surface area contributed by atoms with Crippen LogP contribution >= 0.6 is 0 Å². The minimum absolute atomic E-state index is 0.112. The lowest BCUT2D eigenvalue weighted by Crippen LogP contribution is -2.58. The van der Waals surface area contributed by atoms with Gasteiger partial charge in [-0.2, -0.15) is 0 Å². The van der Waals surface area contributed by atoms with Crippen molar-refractivity contribution in [1.29, 1.82) is 0 Å². The molecule has 0 amide bonds. The van der Waals surface area contributed by atoms with Crippen LogP contribution in [0, 0.1) is 0 Å². The SMILES string of the molecule is CC[C@@]1(O)CC(OC2OC(C)C(O)C(O)C2O)c2c(O)c3c(c(O)c2C1C(=O)OC)C(=O)c1cccc(O)c1C3=O. The normalized spacial score (nSPS) is 32.6. The quantitative estimate of drug-likeness (QED) is 0.164. The summed E-state index contributed by atoms with van der Waals surface area (Å²) < 4.78 is 16.4. The Bertz CT molecular complexity index is 1450. The van der Waals surface area contributed by atoms with Crippen molar-refractivity contribution in [2.24, 2.45) is 0 Å². The number of ketones is 2. The minimum Gasteiger partial charge on any atom is -0.507 e. The average Bonchev–Trinajstić information content (AvgIpc) is 2.94. The third kappa shape index (κ3) is 4.11. The fourth-order valence-electron chi connectivity index (χ4n) is 6.07. The van der Waals surface area contributed by atoms with Crippen LogP contribution in [0.15, 0.2) is 18.2 Å². The summed E-state index contributed by atoms with van der Waals surface area (Å²) in [6, 6.07) is 3.75. The molecule has 8 atom stereocenters. The summed E-state index contributed by atoms with van der Waals surface area (Å²) in [7, 11) is 1.05. The van der Waals surface area contributed by atoms with Crippen LogP contribution < -0.4 is 0 Å². The van der Waals surface area contributed by atoms with E-state index >= 15 is 0 Å². The van der Waals surface area contributed by atoms with Crippen molar-refractivity contribution in [2.75, 3.05) is 7.11 Å². The van der Waals surface area contributed by atoms with Crippen LogP contribution in [-0.4, -0.2) is 96.7 Å². The van der Waals surface area contributed by atoms with E-state index in [2.05, 4.69) is 0 Å². The highest BCUT2D eigenvalue weighted by Crippen LogP contribution is 2.57. The van der Waals surface area contributed by atoms with E-state index in [1.54, 1.807) is 0 Å². The first-order valence-electron chi connectivity index (χ1n) is 13.0. The molecule has 0 aromatic heterocycles. The average molecular weight is 575 g/mol. The van der Waals surface area contributed by atoms with E-state index in [1.807, 2.05) is 0 Å². The van der Waals surface area contributed by atoms with Crippen LogP contribution in [0.2, 0.25) is 0 Å². The van der Waals surface area contributed by atoms with Crippen molar-refractivity contribution in [3.05, 3.63) is 51.6 Å². The van der Waals surface area contributed by atoms with Crippen LogP contribution in [0.1, 0.15) is 81.7 Å². The van der Waals surface area contributed by atoms with Crippen LogP contribution in [0.3, 0.4) is 0 Å². The van der Waals surface area contributed by atoms with Gasteiger partial charge in [0.15, 0.2) is 12.1 Å². The van der Waals surface area contributed by atoms with Gasteiger partial charge in [-0.25, -0.2) is 0 Å². The van der Waals surface area contributed by atoms with Crippen molar-refractivity contribution in [3.8, 4) is 17.2 Å². The van der Waals surface area contributed by atoms with Gasteiger partial charge in [-0.1, -0.05) is 19.1 Å². The highest BCUT2D eigenvalue weighted by Gasteiger charge is 2.55. The Labute approximate surface area is 233 Å². The van der Waals surface area contributed by atoms with E-state index < -0.39 is 112 Å². The summed E-state index contributed by atoms with van der Waals surface area (Å²) in [6.07, 6.45) is -9.64. The summed E-state index contributed by atoms with van der Waals surface area (Å²) in [6.45, 7) is 2.95. The molecule has 2 aliphatic carbocycles. The molecule has 0 radical (unpaired) electrons. The second-order valence-corrected chi connectivity index (χ2v) is 10.6. The molecule has 7 unspecified atom stereocenters. The number of phenolic OH excluding ortho intramolecular Hbond substituents is 3. The topological polar surface area (TPSA) is 221 Å². The molecule has 13 heteroatoms. The van der Waals surface area contributed by atoms with E-state index in [9.17, 15) is 50.1 Å². The summed E-state index contributed by atoms with van der Waals surface area (Å²) >= 11 is 0. The van der Waals surface area contributed by atoms with E-state index in [-0.39, 0.29) is 17.5 Å². The van der Waals surface area contributed by atoms with Crippen LogP contribution in [0.25, 0.3) is 0 Å². The molecule has 220 valence electrons. The number of fused-ring (bicyclic) bond motifs is 3. The van der Waals surface area contributed by atoms with E-state index in [0.29, 0.717) is 0 Å².